The van der Waals surface area contributed by atoms with E-state index in [4.69, 9.17) is 5.73 Å². The number of thiophene rings is 1. The van der Waals surface area contributed by atoms with Crippen LogP contribution in [-0.2, 0) is 22.4 Å². The maximum Gasteiger partial charge on any atom is 0.239 e. The number of amides is 2. The van der Waals surface area contributed by atoms with E-state index in [0.29, 0.717) is 44.7 Å². The van der Waals surface area contributed by atoms with E-state index in [2.05, 4.69) is 53.8 Å². The van der Waals surface area contributed by atoms with Crippen LogP contribution in [0.1, 0.15) is 55.4 Å². The minimum atomic E-state index is -0.540. The van der Waals surface area contributed by atoms with Gasteiger partial charge >= 0.3 is 0 Å². The minimum Gasteiger partial charge on any atom is -0.355 e. The van der Waals surface area contributed by atoms with Crippen molar-refractivity contribution in [2.45, 2.75) is 63.8 Å². The second kappa shape index (κ2) is 12.9. The van der Waals surface area contributed by atoms with Crippen LogP contribution in [0, 0.1) is 11.3 Å². The summed E-state index contributed by atoms with van der Waals surface area (Å²) in [4.78, 5) is 30.0. The predicted octanol–water partition coefficient (Wildman–Crippen LogP) is 5.83. The molecule has 0 spiro atoms. The molecule has 39 heavy (non-hydrogen) atoms. The van der Waals surface area contributed by atoms with E-state index < -0.39 is 11.5 Å². The third-order valence-corrected chi connectivity index (χ3v) is 9.61. The van der Waals surface area contributed by atoms with E-state index in [-0.39, 0.29) is 11.8 Å². The van der Waals surface area contributed by atoms with Crippen LogP contribution in [0.4, 0.5) is 0 Å². The number of piperidine rings is 1. The first-order valence-corrected chi connectivity index (χ1v) is 15.4. The Morgan fingerprint density at radius 2 is 1.62 bits per heavy atom. The van der Waals surface area contributed by atoms with Gasteiger partial charge in [-0.1, -0.05) is 79.9 Å². The van der Waals surface area contributed by atoms with E-state index in [0.717, 1.165) is 17.0 Å². The summed E-state index contributed by atoms with van der Waals surface area (Å²) in [5, 5.41) is 5.37. The van der Waals surface area contributed by atoms with Gasteiger partial charge in [-0.05, 0) is 66.2 Å². The number of rotatable bonds is 9. The average Bonchev–Trinajstić information content (AvgIpc) is 3.50. The minimum absolute atomic E-state index is 0.00757. The second-order valence-corrected chi connectivity index (χ2v) is 12.5. The van der Waals surface area contributed by atoms with Gasteiger partial charge in [0, 0.05) is 30.9 Å². The van der Waals surface area contributed by atoms with Crippen molar-refractivity contribution in [2.75, 3.05) is 19.6 Å². The Morgan fingerprint density at radius 1 is 0.923 bits per heavy atom. The van der Waals surface area contributed by atoms with Crippen molar-refractivity contribution in [2.24, 2.45) is 17.1 Å². The summed E-state index contributed by atoms with van der Waals surface area (Å²) < 4.78 is 0. The lowest BCUT2D eigenvalue weighted by molar-refractivity contribution is -0.141. The lowest BCUT2D eigenvalue weighted by atomic mass is 9.72. The standard InChI is InChI=1S/C33H41N3O2S/c34-30(22-29-12-7-21-39-29)31(37)36-19-17-33(18-20-36,32(38)35-24-26-8-3-1-4-9-26)23-25-13-15-28(16-14-25)27-10-5-2-6-11-27/h2,5-7,10-16,21,26,30H,1,3-4,8-9,17-20,22-24,34H2,(H,35,38)/t30-/m0/s1. The number of carbonyl (C=O) groups excluding carboxylic acids is 2. The Labute approximate surface area is 236 Å². The summed E-state index contributed by atoms with van der Waals surface area (Å²) >= 11 is 1.63. The van der Waals surface area contributed by atoms with Crippen LogP contribution in [-0.4, -0.2) is 42.4 Å². The molecule has 1 aliphatic heterocycles. The van der Waals surface area contributed by atoms with E-state index >= 15 is 0 Å². The van der Waals surface area contributed by atoms with Gasteiger partial charge in [-0.25, -0.2) is 0 Å². The fourth-order valence-corrected chi connectivity index (χ4v) is 7.02. The maximum atomic E-state index is 13.8. The van der Waals surface area contributed by atoms with Crippen LogP contribution in [0.15, 0.2) is 72.1 Å². The molecule has 0 radical (unpaired) electrons. The van der Waals surface area contributed by atoms with Gasteiger partial charge in [0.05, 0.1) is 11.5 Å². The van der Waals surface area contributed by atoms with Gasteiger partial charge in [-0.15, -0.1) is 11.3 Å². The molecular weight excluding hydrogens is 502 g/mol. The molecular formula is C33H41N3O2S. The van der Waals surface area contributed by atoms with Crippen LogP contribution in [0.3, 0.4) is 0 Å². The molecule has 2 heterocycles. The molecule has 1 atom stereocenters. The molecule has 2 aromatic carbocycles. The highest BCUT2D eigenvalue weighted by atomic mass is 32.1. The predicted molar refractivity (Wildman–Crippen MR) is 159 cm³/mol. The third-order valence-electron chi connectivity index (χ3n) is 8.71. The van der Waals surface area contributed by atoms with Gasteiger partial charge in [0.2, 0.25) is 11.8 Å². The Morgan fingerprint density at radius 3 is 2.28 bits per heavy atom. The first-order valence-electron chi connectivity index (χ1n) is 14.5. The molecule has 1 aromatic heterocycles. The van der Waals surface area contributed by atoms with Crippen molar-refractivity contribution in [3.05, 3.63) is 82.6 Å². The van der Waals surface area contributed by atoms with Crippen LogP contribution in [0.25, 0.3) is 11.1 Å². The van der Waals surface area contributed by atoms with Crippen molar-refractivity contribution in [3.8, 4) is 11.1 Å². The van der Waals surface area contributed by atoms with Gasteiger partial charge in [0.1, 0.15) is 0 Å². The summed E-state index contributed by atoms with van der Waals surface area (Å²) in [6.45, 7) is 1.90. The quantitative estimate of drug-likeness (QED) is 0.356. The Bertz CT molecular complexity index is 1200. The zero-order valence-corrected chi connectivity index (χ0v) is 23.6. The highest BCUT2D eigenvalue weighted by Crippen LogP contribution is 2.37. The molecule has 0 unspecified atom stereocenters. The topological polar surface area (TPSA) is 75.4 Å². The number of nitrogens with one attached hydrogen (secondary N) is 1. The van der Waals surface area contributed by atoms with Crippen molar-refractivity contribution >= 4 is 23.2 Å². The fourth-order valence-electron chi connectivity index (χ4n) is 6.26. The van der Waals surface area contributed by atoms with E-state index in [9.17, 15) is 9.59 Å². The van der Waals surface area contributed by atoms with Crippen LogP contribution in [0.2, 0.25) is 0 Å². The highest BCUT2D eigenvalue weighted by molar-refractivity contribution is 7.09. The number of hydrogen-bond acceptors (Lipinski definition) is 4. The summed E-state index contributed by atoms with van der Waals surface area (Å²) in [5.41, 5.74) is 9.33. The first-order chi connectivity index (χ1) is 19.0. The smallest absolute Gasteiger partial charge is 0.239 e. The monoisotopic (exact) mass is 543 g/mol. The van der Waals surface area contributed by atoms with Crippen LogP contribution in [0.5, 0.6) is 0 Å². The zero-order valence-electron chi connectivity index (χ0n) is 22.8. The number of nitrogens with two attached hydrogens (primary N) is 1. The first kappa shape index (κ1) is 27.6. The Balaban J connectivity index is 1.27. The molecule has 3 N–H and O–H groups in total. The number of carbonyl (C=O) groups is 2. The molecule has 2 aliphatic rings. The summed E-state index contributed by atoms with van der Waals surface area (Å²) in [5.74, 6) is 0.726. The van der Waals surface area contributed by atoms with Gasteiger partial charge in [0.25, 0.3) is 0 Å². The molecule has 206 valence electrons. The molecule has 1 saturated heterocycles. The Hall–Kier alpha value is -2.96. The summed E-state index contributed by atoms with van der Waals surface area (Å²) in [6, 6.07) is 22.5. The third kappa shape index (κ3) is 6.98. The van der Waals surface area contributed by atoms with Crippen LogP contribution < -0.4 is 11.1 Å². The SMILES string of the molecule is N[C@@H](Cc1cccs1)C(=O)N1CCC(Cc2ccc(-c3ccccc3)cc2)(C(=O)NCC2CCCCC2)CC1. The maximum absolute atomic E-state index is 13.8. The second-order valence-electron chi connectivity index (χ2n) is 11.4. The van der Waals surface area contributed by atoms with Crippen LogP contribution >= 0.6 is 11.3 Å². The van der Waals surface area contributed by atoms with Gasteiger partial charge in [-0.2, -0.15) is 0 Å². The number of benzene rings is 2. The summed E-state index contributed by atoms with van der Waals surface area (Å²) in [7, 11) is 0. The van der Waals surface area contributed by atoms with Crippen molar-refractivity contribution in [1.82, 2.24) is 10.2 Å². The normalized spacial score (nSPS) is 18.4. The fraction of sp³-hybridized carbons (Fsp3) is 0.455. The largest absolute Gasteiger partial charge is 0.355 e. The van der Waals surface area contributed by atoms with Gasteiger partial charge in [0.15, 0.2) is 0 Å². The average molecular weight is 544 g/mol. The Kier molecular flexibility index (Phi) is 9.15. The molecule has 3 aromatic rings. The molecule has 1 saturated carbocycles. The molecule has 2 fully saturated rings. The van der Waals surface area contributed by atoms with Gasteiger partial charge < -0.3 is 16.0 Å². The lowest BCUT2D eigenvalue weighted by Crippen LogP contribution is -2.54. The van der Waals surface area contributed by atoms with E-state index in [1.54, 1.807) is 11.3 Å². The van der Waals surface area contributed by atoms with Gasteiger partial charge in [-0.3, -0.25) is 9.59 Å². The number of nitrogens with zero attached hydrogens (tertiary/aromatic N) is 1. The molecule has 6 heteroatoms. The van der Waals surface area contributed by atoms with Crippen molar-refractivity contribution < 1.29 is 9.59 Å². The van der Waals surface area contributed by atoms with E-state index in [1.165, 1.54) is 43.2 Å². The number of hydrogen-bond donors (Lipinski definition) is 2. The molecule has 1 aliphatic carbocycles. The molecule has 5 nitrogen and oxygen atoms in total. The molecule has 2 amide bonds. The number of likely N-dealkylation sites (tertiary alicyclic amines) is 1. The van der Waals surface area contributed by atoms with Crippen molar-refractivity contribution in [3.63, 3.8) is 0 Å². The lowest BCUT2D eigenvalue weighted by Gasteiger charge is -2.42. The zero-order chi connectivity index (χ0) is 27.1. The van der Waals surface area contributed by atoms with E-state index in [1.807, 2.05) is 28.5 Å². The molecule has 0 bridgehead atoms. The molecule has 5 rings (SSSR count). The highest BCUT2D eigenvalue weighted by Gasteiger charge is 2.43. The summed E-state index contributed by atoms with van der Waals surface area (Å²) in [6.07, 6.45) is 8.81. The van der Waals surface area contributed by atoms with Crippen molar-refractivity contribution in [1.29, 1.82) is 0 Å².